The Bertz CT molecular complexity index is 656. The Labute approximate surface area is 122 Å². The summed E-state index contributed by atoms with van der Waals surface area (Å²) in [5.41, 5.74) is -0.114. The van der Waals surface area contributed by atoms with Crippen LogP contribution in [0.25, 0.3) is 0 Å². The van der Waals surface area contributed by atoms with Crippen molar-refractivity contribution in [3.63, 3.8) is 0 Å². The average Bonchev–Trinajstić information content (AvgIpc) is 2.39. The lowest BCUT2D eigenvalue weighted by Gasteiger charge is -2.14. The second-order valence-electron chi connectivity index (χ2n) is 4.26. The van der Waals surface area contributed by atoms with E-state index in [0.717, 1.165) is 17.7 Å². The van der Waals surface area contributed by atoms with Crippen LogP contribution in [0.3, 0.4) is 0 Å². The monoisotopic (exact) mass is 316 g/mol. The van der Waals surface area contributed by atoms with Gasteiger partial charge in [-0.15, -0.1) is 0 Å². The van der Waals surface area contributed by atoms with Crippen molar-refractivity contribution in [1.82, 2.24) is 4.31 Å². The molecular formula is C12H16N2O6S. The summed E-state index contributed by atoms with van der Waals surface area (Å²) in [7, 11) is -1.08. The minimum Gasteiger partial charge on any atom is -0.505 e. The van der Waals surface area contributed by atoms with E-state index in [1.807, 2.05) is 0 Å². The second-order valence-corrected chi connectivity index (χ2v) is 6.35. The van der Waals surface area contributed by atoms with Crippen LogP contribution in [0.2, 0.25) is 0 Å². The number of likely N-dealkylation sites (N-methyl/N-ethyl adjacent to an activating group) is 1. The number of carbonyl (C=O) groups excluding carboxylic acids is 2. The fourth-order valence-corrected chi connectivity index (χ4v) is 1.78. The first-order valence-corrected chi connectivity index (χ1v) is 7.63. The molecule has 1 amide bonds. The van der Waals surface area contributed by atoms with Gasteiger partial charge in [-0.3, -0.25) is 4.79 Å². The van der Waals surface area contributed by atoms with Gasteiger partial charge in [-0.1, -0.05) is 6.07 Å². The summed E-state index contributed by atoms with van der Waals surface area (Å²) < 4.78 is 27.7. The number of benzene rings is 1. The Morgan fingerprint density at radius 1 is 1.38 bits per heavy atom. The Morgan fingerprint density at radius 3 is 2.52 bits per heavy atom. The van der Waals surface area contributed by atoms with Crippen LogP contribution in [-0.2, 0) is 19.6 Å². The van der Waals surface area contributed by atoms with Gasteiger partial charge in [0.15, 0.2) is 5.75 Å². The molecule has 1 aromatic carbocycles. The molecule has 0 unspecified atom stereocenters. The molecule has 0 aromatic heterocycles. The van der Waals surface area contributed by atoms with Crippen molar-refractivity contribution in [2.24, 2.45) is 0 Å². The Balaban J connectivity index is 2.89. The minimum atomic E-state index is -3.49. The molecule has 0 aliphatic heterocycles. The maximum Gasteiger partial charge on any atom is 0.341 e. The number of rotatable bonds is 5. The summed E-state index contributed by atoms with van der Waals surface area (Å²) in [6.45, 7) is -0.416. The van der Waals surface area contributed by atoms with E-state index < -0.39 is 34.2 Å². The number of amides is 1. The molecule has 0 spiro atoms. The molecule has 0 saturated heterocycles. The number of hydrogen-bond donors (Lipinski definition) is 2. The molecule has 0 atom stereocenters. The molecule has 0 fully saturated rings. The van der Waals surface area contributed by atoms with Crippen LogP contribution in [-0.4, -0.2) is 56.7 Å². The highest BCUT2D eigenvalue weighted by Gasteiger charge is 2.18. The number of aromatic hydroxyl groups is 1. The number of phenolic OH excluding ortho intramolecular Hbond substituents is 1. The van der Waals surface area contributed by atoms with E-state index in [0.29, 0.717) is 0 Å². The van der Waals surface area contributed by atoms with Gasteiger partial charge in [-0.25, -0.2) is 13.2 Å². The van der Waals surface area contributed by atoms with Crippen LogP contribution < -0.4 is 5.32 Å². The van der Waals surface area contributed by atoms with Crippen molar-refractivity contribution in [2.75, 3.05) is 32.3 Å². The van der Waals surface area contributed by atoms with Gasteiger partial charge in [0.05, 0.1) is 25.6 Å². The number of nitrogens with zero attached hydrogens (tertiary/aromatic N) is 1. The Hall–Kier alpha value is -2.13. The summed E-state index contributed by atoms with van der Waals surface area (Å²) in [5, 5.41) is 12.2. The van der Waals surface area contributed by atoms with Crippen molar-refractivity contribution in [1.29, 1.82) is 0 Å². The molecule has 0 bridgehead atoms. The topological polar surface area (TPSA) is 113 Å². The Morgan fingerprint density at radius 2 is 2.00 bits per heavy atom. The first-order valence-electron chi connectivity index (χ1n) is 5.78. The fraction of sp³-hybridized carbons (Fsp3) is 0.333. The quantitative estimate of drug-likeness (QED) is 0.584. The van der Waals surface area contributed by atoms with E-state index in [9.17, 15) is 23.1 Å². The van der Waals surface area contributed by atoms with Crippen LogP contribution in [0, 0.1) is 0 Å². The predicted octanol–water partition coefficient (Wildman–Crippen LogP) is 0.00870. The fourth-order valence-electron chi connectivity index (χ4n) is 1.43. The van der Waals surface area contributed by atoms with Gasteiger partial charge in [0.2, 0.25) is 15.9 Å². The van der Waals surface area contributed by atoms with E-state index in [-0.39, 0.29) is 11.3 Å². The van der Waals surface area contributed by atoms with E-state index in [4.69, 9.17) is 0 Å². The van der Waals surface area contributed by atoms with E-state index in [2.05, 4.69) is 10.1 Å². The first kappa shape index (κ1) is 16.9. The van der Waals surface area contributed by atoms with Gasteiger partial charge < -0.3 is 15.2 Å². The summed E-state index contributed by atoms with van der Waals surface area (Å²) >= 11 is 0. The van der Waals surface area contributed by atoms with Crippen LogP contribution in [0.1, 0.15) is 10.4 Å². The predicted molar refractivity (Wildman–Crippen MR) is 75.5 cm³/mol. The van der Waals surface area contributed by atoms with Crippen molar-refractivity contribution in [3.05, 3.63) is 23.8 Å². The summed E-state index contributed by atoms with van der Waals surface area (Å²) in [6.07, 6.45) is 0.968. The number of phenols is 1. The lowest BCUT2D eigenvalue weighted by molar-refractivity contribution is -0.116. The zero-order valence-electron chi connectivity index (χ0n) is 11.8. The molecule has 0 heterocycles. The SMILES string of the molecule is COC(=O)c1cccc(NC(=O)CN(C)S(C)(=O)=O)c1O. The van der Waals surface area contributed by atoms with Gasteiger partial charge in [0.1, 0.15) is 5.56 Å². The molecule has 1 aromatic rings. The second kappa shape index (κ2) is 6.55. The molecule has 0 aliphatic rings. The molecular weight excluding hydrogens is 300 g/mol. The number of para-hydroxylation sites is 1. The highest BCUT2D eigenvalue weighted by atomic mass is 32.2. The van der Waals surface area contributed by atoms with Crippen molar-refractivity contribution in [2.45, 2.75) is 0 Å². The molecule has 0 aliphatic carbocycles. The normalized spacial score (nSPS) is 11.2. The number of ether oxygens (including phenoxy) is 1. The van der Waals surface area contributed by atoms with Gasteiger partial charge in [0.25, 0.3) is 0 Å². The van der Waals surface area contributed by atoms with Crippen molar-refractivity contribution in [3.8, 4) is 5.75 Å². The van der Waals surface area contributed by atoms with E-state index in [1.54, 1.807) is 0 Å². The zero-order valence-corrected chi connectivity index (χ0v) is 12.6. The van der Waals surface area contributed by atoms with Crippen molar-refractivity contribution >= 4 is 27.6 Å². The lowest BCUT2D eigenvalue weighted by Crippen LogP contribution is -2.34. The molecule has 0 saturated carbocycles. The Kier molecular flexibility index (Phi) is 5.28. The van der Waals surface area contributed by atoms with Gasteiger partial charge in [-0.05, 0) is 12.1 Å². The molecule has 21 heavy (non-hydrogen) atoms. The lowest BCUT2D eigenvalue weighted by atomic mass is 10.1. The smallest absolute Gasteiger partial charge is 0.341 e. The number of hydrogen-bond acceptors (Lipinski definition) is 6. The molecule has 2 N–H and O–H groups in total. The van der Waals surface area contributed by atoms with Crippen LogP contribution in [0.4, 0.5) is 5.69 Å². The third kappa shape index (κ3) is 4.43. The molecule has 9 heteroatoms. The summed E-state index contributed by atoms with van der Waals surface area (Å²) in [6, 6.07) is 4.15. The third-order valence-corrected chi connectivity index (χ3v) is 3.91. The summed E-state index contributed by atoms with van der Waals surface area (Å²) in [5.74, 6) is -1.85. The number of nitrogens with one attached hydrogen (secondary N) is 1. The maximum atomic E-state index is 11.7. The van der Waals surface area contributed by atoms with Crippen LogP contribution >= 0.6 is 0 Å². The minimum absolute atomic E-state index is 0.00944. The van der Waals surface area contributed by atoms with Gasteiger partial charge >= 0.3 is 5.97 Å². The van der Waals surface area contributed by atoms with Crippen LogP contribution in [0.5, 0.6) is 5.75 Å². The molecule has 1 rings (SSSR count). The highest BCUT2D eigenvalue weighted by molar-refractivity contribution is 7.88. The van der Waals surface area contributed by atoms with Gasteiger partial charge in [-0.2, -0.15) is 4.31 Å². The number of anilines is 1. The number of esters is 1. The van der Waals surface area contributed by atoms with Crippen LogP contribution in [0.15, 0.2) is 18.2 Å². The maximum absolute atomic E-state index is 11.7. The molecule has 8 nitrogen and oxygen atoms in total. The number of methoxy groups -OCH3 is 1. The molecule has 0 radical (unpaired) electrons. The largest absolute Gasteiger partial charge is 0.505 e. The zero-order chi connectivity index (χ0) is 16.2. The standard InChI is InChI=1S/C12H16N2O6S/c1-14(21(3,18)19)7-10(15)13-9-6-4-5-8(11(9)16)12(17)20-2/h4-6,16H,7H2,1-3H3,(H,13,15). The summed E-state index contributed by atoms with van der Waals surface area (Å²) in [4.78, 5) is 23.1. The van der Waals surface area contributed by atoms with Crippen molar-refractivity contribution < 1.29 is 27.9 Å². The number of carbonyl (C=O) groups is 2. The average molecular weight is 316 g/mol. The van der Waals surface area contributed by atoms with Gasteiger partial charge in [0, 0.05) is 7.05 Å². The third-order valence-electron chi connectivity index (χ3n) is 2.65. The first-order chi connectivity index (χ1) is 9.66. The van der Waals surface area contributed by atoms with E-state index in [1.165, 1.54) is 25.2 Å². The van der Waals surface area contributed by atoms with E-state index >= 15 is 0 Å². The molecule has 116 valence electrons. The highest BCUT2D eigenvalue weighted by Crippen LogP contribution is 2.27. The number of sulfonamides is 1.